The summed E-state index contributed by atoms with van der Waals surface area (Å²) >= 11 is 0. The first-order chi connectivity index (χ1) is 2.77. The third kappa shape index (κ3) is 3.24. The van der Waals surface area contributed by atoms with Crippen LogP contribution in [0.25, 0.3) is 0 Å². The van der Waals surface area contributed by atoms with E-state index in [1.54, 1.807) is 0 Å². The summed E-state index contributed by atoms with van der Waals surface area (Å²) in [5, 5.41) is 1.40. The van der Waals surface area contributed by atoms with Crippen LogP contribution in [0.5, 0.6) is 0 Å². The Balaban J connectivity index is 3.73. The largest absolute Gasteiger partial charge is 0.334 e. The molecule has 34 valence electrons. The predicted octanol–water partition coefficient (Wildman–Crippen LogP) is 1.32. The van der Waals surface area contributed by atoms with E-state index in [1.807, 2.05) is 0 Å². The van der Waals surface area contributed by atoms with E-state index in [9.17, 15) is 13.3 Å². The summed E-state index contributed by atoms with van der Waals surface area (Å²) in [4.78, 5) is 0. The molecule has 1 nitrogen and oxygen atoms in total. The summed E-state index contributed by atoms with van der Waals surface area (Å²) in [6.07, 6.45) is -2.25. The molecule has 0 amide bonds. The molecule has 0 saturated carbocycles. The molecule has 0 heterocycles. The van der Waals surface area contributed by atoms with Crippen LogP contribution in [-0.2, 0) is 0 Å². The Morgan fingerprint density at radius 3 is 2.00 bits per heavy atom. The van der Waals surface area contributed by atoms with Crippen molar-refractivity contribution in [2.75, 3.05) is 0 Å². The molecule has 0 aromatic carbocycles. The molecular formula is C2F3N. The van der Waals surface area contributed by atoms with Gasteiger partial charge in [0.25, 0.3) is 0 Å². The fourth-order valence-electron chi connectivity index (χ4n) is 0.0319. The van der Waals surface area contributed by atoms with Gasteiger partial charge in [-0.2, -0.15) is 8.78 Å². The van der Waals surface area contributed by atoms with Gasteiger partial charge in [0.15, 0.2) is 0 Å². The Bertz CT molecular complexity index is 87.0. The number of hydrogen-bond acceptors (Lipinski definition) is 1. The van der Waals surface area contributed by atoms with Gasteiger partial charge in [0.1, 0.15) is 0 Å². The topological polar surface area (TPSA) is 12.4 Å². The van der Waals surface area contributed by atoms with E-state index < -0.39 is 6.08 Å². The van der Waals surface area contributed by atoms with Gasteiger partial charge in [0, 0.05) is 0 Å². The molecule has 0 unspecified atom stereocenters. The zero-order valence-electron chi connectivity index (χ0n) is 2.58. The third-order valence-corrected chi connectivity index (χ3v) is 0.127. The molecule has 0 bridgehead atoms. The number of halogens is 3. The monoisotopic (exact) mass is 95.0 g/mol. The van der Waals surface area contributed by atoms with Crippen LogP contribution in [0, 0.1) is 0 Å². The highest BCUT2D eigenvalue weighted by Crippen LogP contribution is 1.86. The van der Waals surface area contributed by atoms with Gasteiger partial charge in [0.05, 0.1) is 5.87 Å². The molecule has 0 aliphatic rings. The van der Waals surface area contributed by atoms with Gasteiger partial charge in [-0.05, 0) is 5.21 Å². The van der Waals surface area contributed by atoms with Crippen molar-refractivity contribution in [2.24, 2.45) is 5.21 Å². The first-order valence-corrected chi connectivity index (χ1v) is 1.02. The number of hydrogen-bond donors (Lipinski definition) is 0. The summed E-state index contributed by atoms with van der Waals surface area (Å²) < 4.78 is 31.3. The van der Waals surface area contributed by atoms with E-state index in [1.165, 1.54) is 5.21 Å². The van der Waals surface area contributed by atoms with Crippen molar-refractivity contribution in [3.8, 4) is 0 Å². The van der Waals surface area contributed by atoms with Crippen molar-refractivity contribution >= 4 is 5.87 Å². The Morgan fingerprint density at radius 1 is 1.50 bits per heavy atom. The summed E-state index contributed by atoms with van der Waals surface area (Å²) in [5.74, 6) is 0.750. The van der Waals surface area contributed by atoms with Crippen LogP contribution in [0.2, 0.25) is 0 Å². The van der Waals surface area contributed by atoms with Crippen molar-refractivity contribution in [1.29, 1.82) is 0 Å². The van der Waals surface area contributed by atoms with E-state index in [0.717, 1.165) is 5.87 Å². The second kappa shape index (κ2) is 2.48. The molecule has 0 radical (unpaired) electrons. The summed E-state index contributed by atoms with van der Waals surface area (Å²) in [7, 11) is 0. The normalized spacial score (nSPS) is 6.50. The molecule has 0 rings (SSSR count). The zero-order chi connectivity index (χ0) is 4.99. The van der Waals surface area contributed by atoms with Crippen molar-refractivity contribution in [3.05, 3.63) is 6.08 Å². The second-order valence-electron chi connectivity index (χ2n) is 0.457. The van der Waals surface area contributed by atoms with Gasteiger partial charge in [0.2, 0.25) is 0 Å². The molecule has 0 N–H and O–H groups in total. The smallest absolute Gasteiger partial charge is 0.162 e. The maximum Gasteiger partial charge on any atom is 0.334 e. The predicted molar refractivity (Wildman–Crippen MR) is 14.3 cm³/mol. The molecular weight excluding hydrogens is 95.0 g/mol. The Morgan fingerprint density at radius 2 is 2.00 bits per heavy atom. The van der Waals surface area contributed by atoms with Crippen molar-refractivity contribution in [3.63, 3.8) is 0 Å². The molecule has 0 fully saturated rings. The minimum atomic E-state index is -2.25. The Hall–Kier alpha value is -0.760. The van der Waals surface area contributed by atoms with Crippen LogP contribution in [0.3, 0.4) is 0 Å². The van der Waals surface area contributed by atoms with Gasteiger partial charge < -0.3 is 0 Å². The minimum absolute atomic E-state index is 0.750. The Labute approximate surface area is 31.7 Å². The van der Waals surface area contributed by atoms with Crippen LogP contribution in [-0.4, -0.2) is 5.87 Å². The lowest BCUT2D eigenvalue weighted by molar-refractivity contribution is 0.430. The lowest BCUT2D eigenvalue weighted by Gasteiger charge is -1.56. The fourth-order valence-corrected chi connectivity index (χ4v) is 0.0319. The van der Waals surface area contributed by atoms with E-state index in [-0.39, 0.29) is 0 Å². The minimum Gasteiger partial charge on any atom is -0.162 e. The lowest BCUT2D eigenvalue weighted by atomic mass is 11.1. The van der Waals surface area contributed by atoms with E-state index in [0.29, 0.717) is 0 Å². The first kappa shape index (κ1) is 5.24. The molecule has 4 heteroatoms. The van der Waals surface area contributed by atoms with Crippen LogP contribution in [0.4, 0.5) is 13.3 Å². The quantitative estimate of drug-likeness (QED) is 0.402. The molecule has 0 saturated heterocycles. The highest BCUT2D eigenvalue weighted by molar-refractivity contribution is 5.51. The average molecular weight is 95.0 g/mol. The summed E-state index contributed by atoms with van der Waals surface area (Å²) in [6, 6.07) is 0. The van der Waals surface area contributed by atoms with Crippen LogP contribution < -0.4 is 0 Å². The van der Waals surface area contributed by atoms with Gasteiger partial charge in [-0.3, -0.25) is 0 Å². The van der Waals surface area contributed by atoms with Crippen LogP contribution in [0.1, 0.15) is 0 Å². The molecule has 0 aliphatic carbocycles. The number of nitrogens with zero attached hydrogens (tertiary/aromatic N) is 1. The van der Waals surface area contributed by atoms with Gasteiger partial charge in [-0.1, -0.05) is 4.48 Å². The number of rotatable bonds is 0. The molecule has 0 spiro atoms. The zero-order valence-corrected chi connectivity index (χ0v) is 2.58. The second-order valence-corrected chi connectivity index (χ2v) is 0.457. The molecule has 0 aliphatic heterocycles. The third-order valence-electron chi connectivity index (χ3n) is 0.127. The highest BCUT2D eigenvalue weighted by Gasteiger charge is 1.77. The van der Waals surface area contributed by atoms with Crippen molar-refractivity contribution in [2.45, 2.75) is 0 Å². The summed E-state index contributed by atoms with van der Waals surface area (Å²) in [5.41, 5.74) is 0. The maximum atomic E-state index is 10.5. The van der Waals surface area contributed by atoms with Crippen molar-refractivity contribution < 1.29 is 13.3 Å². The molecule has 0 aromatic heterocycles. The van der Waals surface area contributed by atoms with Gasteiger partial charge >= 0.3 is 6.08 Å². The fraction of sp³-hybridized carbons (Fsp3) is 0. The van der Waals surface area contributed by atoms with Gasteiger partial charge in [-0.25, -0.2) is 0 Å². The van der Waals surface area contributed by atoms with E-state index in [4.69, 9.17) is 0 Å². The van der Waals surface area contributed by atoms with E-state index in [2.05, 4.69) is 0 Å². The molecule has 0 atom stereocenters. The average Bonchev–Trinajstić information content (AvgIpc) is 1.35. The first-order valence-electron chi connectivity index (χ1n) is 1.02. The van der Waals surface area contributed by atoms with E-state index >= 15 is 0 Å². The van der Waals surface area contributed by atoms with Gasteiger partial charge in [-0.15, -0.1) is 0 Å². The van der Waals surface area contributed by atoms with Crippen LogP contribution in [0.15, 0.2) is 11.3 Å². The molecule has 0 aromatic rings. The molecule has 6 heavy (non-hydrogen) atoms. The lowest BCUT2D eigenvalue weighted by Crippen LogP contribution is -1.51. The standard InChI is InChI=1S/C2F3N/c3-2(4)1-6-5. The summed E-state index contributed by atoms with van der Waals surface area (Å²) in [6.45, 7) is 0. The maximum absolute atomic E-state index is 10.5. The van der Waals surface area contributed by atoms with Crippen LogP contribution >= 0.6 is 0 Å². The Kier molecular flexibility index (Phi) is 2.16. The highest BCUT2D eigenvalue weighted by atomic mass is 19.3. The SMILES string of the molecule is FN=C=C(F)F. The van der Waals surface area contributed by atoms with Crippen molar-refractivity contribution in [1.82, 2.24) is 0 Å².